The highest BCUT2D eigenvalue weighted by Gasteiger charge is 2.27. The van der Waals surface area contributed by atoms with E-state index in [0.29, 0.717) is 0 Å². The van der Waals surface area contributed by atoms with E-state index in [4.69, 9.17) is 19.6 Å². The molecule has 0 heterocycles. The van der Waals surface area contributed by atoms with Crippen LogP contribution in [-0.2, 0) is 13.4 Å². The fraction of sp³-hybridized carbons (Fsp3) is 0. The summed E-state index contributed by atoms with van der Waals surface area (Å²) in [5, 5.41) is 0. The average Bonchev–Trinajstić information content (AvgIpc) is 1.14. The van der Waals surface area contributed by atoms with Crippen molar-refractivity contribution in [2.24, 2.45) is 0 Å². The molecular formula is H24O17P2. The maximum atomic E-state index is 9.63. The molecule has 19 heavy (non-hydrogen) atoms. The van der Waals surface area contributed by atoms with Crippen LogP contribution in [0, 0.1) is 0 Å². The van der Waals surface area contributed by atoms with Crippen molar-refractivity contribution < 1.29 is 87.8 Å². The van der Waals surface area contributed by atoms with Crippen molar-refractivity contribution >= 4 is 15.6 Å². The summed E-state index contributed by atoms with van der Waals surface area (Å²) in [6, 6.07) is 0. The Hall–Kier alpha value is -0.140. The molecule has 0 aromatic carbocycles. The molecule has 0 aliphatic rings. The third-order valence-electron chi connectivity index (χ3n) is 0.213. The van der Waals surface area contributed by atoms with Crippen molar-refractivity contribution in [1.29, 1.82) is 0 Å². The zero-order valence-corrected chi connectivity index (χ0v) is 10.7. The summed E-state index contributed by atoms with van der Waals surface area (Å²) >= 11 is 0. The van der Waals surface area contributed by atoms with Gasteiger partial charge in [-0.1, -0.05) is 0 Å². The van der Waals surface area contributed by atoms with Crippen molar-refractivity contribution in [3.63, 3.8) is 0 Å². The van der Waals surface area contributed by atoms with E-state index in [1.54, 1.807) is 0 Å². The molecule has 0 rings (SSSR count). The van der Waals surface area contributed by atoms with Crippen LogP contribution in [0.25, 0.3) is 0 Å². The average molecular weight is 358 g/mol. The van der Waals surface area contributed by atoms with Gasteiger partial charge in [-0.2, -0.15) is 4.31 Å². The molecule has 136 valence electrons. The minimum absolute atomic E-state index is 0. The topological polar surface area (TPSA) is 439 Å². The molecule has 0 spiro atoms. The van der Waals surface area contributed by atoms with E-state index in [0.717, 1.165) is 0 Å². The lowest BCUT2D eigenvalue weighted by Crippen LogP contribution is -1.84. The van der Waals surface area contributed by atoms with E-state index in [2.05, 4.69) is 4.31 Å². The van der Waals surface area contributed by atoms with Gasteiger partial charge in [-0.25, -0.2) is 9.13 Å². The molecule has 17 nitrogen and oxygen atoms in total. The van der Waals surface area contributed by atoms with E-state index < -0.39 is 15.6 Å². The van der Waals surface area contributed by atoms with Gasteiger partial charge in [0.25, 0.3) is 0 Å². The summed E-state index contributed by atoms with van der Waals surface area (Å²) < 4.78 is 22.2. The molecule has 0 aliphatic heterocycles. The second kappa shape index (κ2) is 30.7. The smallest absolute Gasteiger partial charge is 0.412 e. The third kappa shape index (κ3) is 131. The number of phosphoric acid groups is 2. The molecule has 0 saturated carbocycles. The first-order valence-corrected chi connectivity index (χ1v) is 4.59. The summed E-state index contributed by atoms with van der Waals surface area (Å²) in [5.74, 6) is 0. The van der Waals surface area contributed by atoms with Gasteiger partial charge in [-0.05, 0) is 0 Å². The number of hydrogen-bond acceptors (Lipinski definition) is 3. The van der Waals surface area contributed by atoms with Crippen molar-refractivity contribution in [3.8, 4) is 0 Å². The predicted molar refractivity (Wildman–Crippen MR) is 61.3 cm³/mol. The molecule has 0 aromatic heterocycles. The SMILES string of the molecule is O.O.O.O.O.O.O.O.O.O.O=P(O)(O)OP(=O)(O)O. The first kappa shape index (κ1) is 97.4. The largest absolute Gasteiger partial charge is 0.478 e. The van der Waals surface area contributed by atoms with Gasteiger partial charge in [0.15, 0.2) is 0 Å². The Morgan fingerprint density at radius 2 is 0.579 bits per heavy atom. The van der Waals surface area contributed by atoms with Crippen LogP contribution in [0.4, 0.5) is 0 Å². The fourth-order valence-electron chi connectivity index (χ4n) is 0.139. The van der Waals surface area contributed by atoms with E-state index in [1.807, 2.05) is 0 Å². The predicted octanol–water partition coefficient (Wildman–Crippen LogP) is -9.06. The Kier molecular flexibility index (Phi) is 157. The minimum Gasteiger partial charge on any atom is -0.412 e. The van der Waals surface area contributed by atoms with Crippen molar-refractivity contribution in [2.75, 3.05) is 0 Å². The Labute approximate surface area is 105 Å². The van der Waals surface area contributed by atoms with E-state index in [-0.39, 0.29) is 54.8 Å². The molecule has 0 aliphatic carbocycles. The van der Waals surface area contributed by atoms with E-state index in [1.165, 1.54) is 0 Å². The Morgan fingerprint density at radius 1 is 0.474 bits per heavy atom. The van der Waals surface area contributed by atoms with Crippen LogP contribution in [0.5, 0.6) is 0 Å². The summed E-state index contributed by atoms with van der Waals surface area (Å²) in [4.78, 5) is 31.0. The summed E-state index contributed by atoms with van der Waals surface area (Å²) in [5.41, 5.74) is 0. The first-order chi connectivity index (χ1) is 3.71. The molecule has 0 saturated heterocycles. The monoisotopic (exact) mass is 358 g/mol. The lowest BCUT2D eigenvalue weighted by atomic mass is 15.7. The van der Waals surface area contributed by atoms with Gasteiger partial charge in [0.05, 0.1) is 0 Å². The van der Waals surface area contributed by atoms with Crippen molar-refractivity contribution in [3.05, 3.63) is 0 Å². The first-order valence-electron chi connectivity index (χ1n) is 1.53. The Morgan fingerprint density at radius 3 is 0.579 bits per heavy atom. The molecular weight excluding hydrogens is 334 g/mol. The van der Waals surface area contributed by atoms with Crippen LogP contribution in [-0.4, -0.2) is 74.3 Å². The second-order valence-corrected chi connectivity index (χ2v) is 3.68. The summed E-state index contributed by atoms with van der Waals surface area (Å²) in [6.45, 7) is 0. The minimum atomic E-state index is -5.05. The standard InChI is InChI=1S/H4O7P2.10H2O/c1-8(2,3)7-9(4,5)6;;;;;;;;;;/h(H2,1,2,3)(H2,4,5,6);10*1H2. The van der Waals surface area contributed by atoms with Crippen LogP contribution < -0.4 is 0 Å². The van der Waals surface area contributed by atoms with Gasteiger partial charge in [-0.3, -0.25) is 0 Å². The summed E-state index contributed by atoms with van der Waals surface area (Å²) in [6.07, 6.45) is 0. The highest BCUT2D eigenvalue weighted by Crippen LogP contribution is 2.53. The van der Waals surface area contributed by atoms with Gasteiger partial charge >= 0.3 is 15.6 Å². The van der Waals surface area contributed by atoms with Gasteiger partial charge in [0.1, 0.15) is 0 Å². The molecule has 24 N–H and O–H groups in total. The van der Waals surface area contributed by atoms with Crippen LogP contribution >= 0.6 is 15.6 Å². The van der Waals surface area contributed by atoms with Crippen molar-refractivity contribution in [2.45, 2.75) is 0 Å². The van der Waals surface area contributed by atoms with Gasteiger partial charge < -0.3 is 74.3 Å². The van der Waals surface area contributed by atoms with E-state index >= 15 is 0 Å². The highest BCUT2D eigenvalue weighted by molar-refractivity contribution is 7.60. The van der Waals surface area contributed by atoms with Gasteiger partial charge in [-0.15, -0.1) is 0 Å². The molecule has 0 bridgehead atoms. The van der Waals surface area contributed by atoms with Crippen molar-refractivity contribution in [1.82, 2.24) is 0 Å². The lowest BCUT2D eigenvalue weighted by molar-refractivity contribution is 0.225. The van der Waals surface area contributed by atoms with Crippen LogP contribution in [0.15, 0.2) is 0 Å². The van der Waals surface area contributed by atoms with Gasteiger partial charge in [0, 0.05) is 0 Å². The molecule has 0 unspecified atom stereocenters. The highest BCUT2D eigenvalue weighted by atomic mass is 31.3. The Bertz CT molecular complexity index is 150. The normalized spacial score (nSPS) is 6.53. The zero-order valence-electron chi connectivity index (χ0n) is 8.91. The quantitative estimate of drug-likeness (QED) is 0.344. The zero-order chi connectivity index (χ0) is 7.71. The maximum Gasteiger partial charge on any atom is 0.478 e. The van der Waals surface area contributed by atoms with Crippen LogP contribution in [0.2, 0.25) is 0 Å². The lowest BCUT2D eigenvalue weighted by Gasteiger charge is -2.03. The molecule has 0 aromatic rings. The molecule has 0 amide bonds. The van der Waals surface area contributed by atoms with Crippen LogP contribution in [0.3, 0.4) is 0 Å². The summed E-state index contributed by atoms with van der Waals surface area (Å²) in [7, 11) is -10.1. The molecule has 0 fully saturated rings. The van der Waals surface area contributed by atoms with E-state index in [9.17, 15) is 9.13 Å². The fourth-order valence-corrected chi connectivity index (χ4v) is 1.25. The molecule has 19 heteroatoms. The third-order valence-corrected chi connectivity index (χ3v) is 1.91. The maximum absolute atomic E-state index is 9.63. The van der Waals surface area contributed by atoms with Gasteiger partial charge in [0.2, 0.25) is 0 Å². The molecule has 0 atom stereocenters. The number of hydrogen-bond donors (Lipinski definition) is 4. The molecule has 0 radical (unpaired) electrons. The number of rotatable bonds is 2. The van der Waals surface area contributed by atoms with Crippen LogP contribution in [0.1, 0.15) is 0 Å². The Balaban J connectivity index is -0.00000000711. The second-order valence-electron chi connectivity index (χ2n) is 1.06.